The summed E-state index contributed by atoms with van der Waals surface area (Å²) in [5.41, 5.74) is 1.96. The Morgan fingerprint density at radius 2 is 1.77 bits per heavy atom. The van der Waals surface area contributed by atoms with Crippen LogP contribution in [-0.2, 0) is 9.59 Å². The van der Waals surface area contributed by atoms with Gasteiger partial charge in [-0.05, 0) is 37.7 Å². The molecule has 4 rings (SSSR count). The number of aliphatic hydroxyl groups is 1. The molecule has 2 amide bonds. The molecule has 7 heteroatoms. The monoisotopic (exact) mass is 410 g/mol. The van der Waals surface area contributed by atoms with E-state index in [1.807, 2.05) is 38.1 Å². The minimum absolute atomic E-state index is 0.0274. The summed E-state index contributed by atoms with van der Waals surface area (Å²) in [4.78, 5) is 31.4. The predicted molar refractivity (Wildman–Crippen MR) is 115 cm³/mol. The minimum Gasteiger partial charge on any atom is -0.386 e. The lowest BCUT2D eigenvalue weighted by molar-refractivity contribution is -0.140. The van der Waals surface area contributed by atoms with Crippen LogP contribution in [0.15, 0.2) is 41.4 Å². The van der Waals surface area contributed by atoms with Crippen LogP contribution in [0.3, 0.4) is 0 Å². The Balaban J connectivity index is 1.31. The van der Waals surface area contributed by atoms with E-state index in [2.05, 4.69) is 27.8 Å². The number of carbonyl (C=O) groups is 2. The first-order valence-corrected chi connectivity index (χ1v) is 10.8. The van der Waals surface area contributed by atoms with Gasteiger partial charge in [0, 0.05) is 19.6 Å². The van der Waals surface area contributed by atoms with E-state index < -0.39 is 6.10 Å². The van der Waals surface area contributed by atoms with Crippen LogP contribution in [0, 0.1) is 30.6 Å². The van der Waals surface area contributed by atoms with E-state index in [1.165, 1.54) is 4.90 Å². The summed E-state index contributed by atoms with van der Waals surface area (Å²) < 4.78 is 0. The van der Waals surface area contributed by atoms with E-state index in [1.54, 1.807) is 0 Å². The predicted octanol–water partition coefficient (Wildman–Crippen LogP) is 1.39. The van der Waals surface area contributed by atoms with Gasteiger partial charge in [-0.15, -0.1) is 0 Å². The number of rotatable bonds is 7. The first-order valence-electron chi connectivity index (χ1n) is 10.8. The number of likely N-dealkylation sites (tertiary alicyclic amines) is 1. The minimum atomic E-state index is -0.690. The van der Waals surface area contributed by atoms with Gasteiger partial charge in [-0.2, -0.15) is 0 Å². The van der Waals surface area contributed by atoms with Crippen molar-refractivity contribution in [3.05, 3.63) is 47.5 Å². The van der Waals surface area contributed by atoms with E-state index >= 15 is 0 Å². The standard InChI is InChI=1S/C23H30N4O3/c1-3-24-23(26-13-18(28)15-6-4-14(2)5-7-15)25-10-11-27-21(29)19-16-8-9-17(12-16)20(19)22(27)30/h4-9,16-20,28H,3,10-13H2,1-2H3,(H2,24,25,26). The number of carbonyl (C=O) groups excluding carboxylic acids is 2. The number of hydrogen-bond acceptors (Lipinski definition) is 4. The van der Waals surface area contributed by atoms with Crippen LogP contribution >= 0.6 is 0 Å². The van der Waals surface area contributed by atoms with E-state index in [9.17, 15) is 14.7 Å². The Kier molecular flexibility index (Phi) is 5.90. The fraction of sp³-hybridized carbons (Fsp3) is 0.522. The third-order valence-electron chi connectivity index (χ3n) is 6.42. The van der Waals surface area contributed by atoms with Crippen molar-refractivity contribution in [3.8, 4) is 0 Å². The highest BCUT2D eigenvalue weighted by Crippen LogP contribution is 2.52. The van der Waals surface area contributed by atoms with Gasteiger partial charge in [0.25, 0.3) is 0 Å². The second-order valence-electron chi connectivity index (χ2n) is 8.40. The van der Waals surface area contributed by atoms with Crippen molar-refractivity contribution in [2.24, 2.45) is 28.7 Å². The third-order valence-corrected chi connectivity index (χ3v) is 6.42. The van der Waals surface area contributed by atoms with Crippen LogP contribution < -0.4 is 10.6 Å². The maximum atomic E-state index is 12.7. The average Bonchev–Trinajstić information content (AvgIpc) is 3.42. The van der Waals surface area contributed by atoms with Crippen LogP contribution in [0.2, 0.25) is 0 Å². The number of amides is 2. The summed E-state index contributed by atoms with van der Waals surface area (Å²) in [7, 11) is 0. The van der Waals surface area contributed by atoms with Gasteiger partial charge < -0.3 is 15.7 Å². The molecular weight excluding hydrogens is 380 g/mol. The second-order valence-corrected chi connectivity index (χ2v) is 8.40. The number of allylic oxidation sites excluding steroid dienone is 2. The zero-order valence-corrected chi connectivity index (χ0v) is 17.5. The first-order chi connectivity index (χ1) is 14.5. The summed E-state index contributed by atoms with van der Waals surface area (Å²) in [5, 5.41) is 16.7. The van der Waals surface area contributed by atoms with Gasteiger partial charge in [-0.3, -0.25) is 19.5 Å². The number of aliphatic imine (C=N–C) groups is 1. The van der Waals surface area contributed by atoms with Crippen molar-refractivity contribution in [1.82, 2.24) is 15.5 Å². The quantitative estimate of drug-likeness (QED) is 0.273. The van der Waals surface area contributed by atoms with Gasteiger partial charge in [0.1, 0.15) is 0 Å². The van der Waals surface area contributed by atoms with E-state index in [4.69, 9.17) is 0 Å². The molecule has 2 bridgehead atoms. The van der Waals surface area contributed by atoms with E-state index in [-0.39, 0.29) is 42.0 Å². The largest absolute Gasteiger partial charge is 0.386 e. The number of hydrogen-bond donors (Lipinski definition) is 3. The molecule has 1 aromatic rings. The van der Waals surface area contributed by atoms with Gasteiger partial charge in [0.05, 0.1) is 24.5 Å². The Morgan fingerprint density at radius 1 is 1.13 bits per heavy atom. The van der Waals surface area contributed by atoms with Gasteiger partial charge in [0.2, 0.25) is 11.8 Å². The summed E-state index contributed by atoms with van der Waals surface area (Å²) in [6.45, 7) is 5.62. The van der Waals surface area contributed by atoms with Crippen molar-refractivity contribution in [3.63, 3.8) is 0 Å². The molecule has 1 saturated heterocycles. The molecule has 0 spiro atoms. The van der Waals surface area contributed by atoms with E-state index in [0.29, 0.717) is 25.6 Å². The number of fused-ring (bicyclic) bond motifs is 5. The molecule has 5 atom stereocenters. The number of aliphatic hydroxyl groups excluding tert-OH is 1. The molecule has 2 aliphatic carbocycles. The molecule has 1 heterocycles. The lowest BCUT2D eigenvalue weighted by Gasteiger charge is -2.19. The third kappa shape index (κ3) is 3.86. The fourth-order valence-electron chi connectivity index (χ4n) is 4.88. The molecule has 3 N–H and O–H groups in total. The van der Waals surface area contributed by atoms with Gasteiger partial charge >= 0.3 is 0 Å². The summed E-state index contributed by atoms with van der Waals surface area (Å²) in [6.07, 6.45) is 4.46. The normalized spacial score (nSPS) is 28.2. The van der Waals surface area contributed by atoms with Crippen molar-refractivity contribution in [2.75, 3.05) is 26.2 Å². The average molecular weight is 411 g/mol. The highest BCUT2D eigenvalue weighted by atomic mass is 16.3. The number of benzene rings is 1. The molecule has 30 heavy (non-hydrogen) atoms. The Hall–Kier alpha value is -2.67. The summed E-state index contributed by atoms with van der Waals surface area (Å²) in [5.74, 6) is 0.664. The maximum Gasteiger partial charge on any atom is 0.233 e. The second kappa shape index (κ2) is 8.60. The zero-order chi connectivity index (χ0) is 21.3. The first kappa shape index (κ1) is 20.6. The van der Waals surface area contributed by atoms with E-state index in [0.717, 1.165) is 17.5 Å². The van der Waals surface area contributed by atoms with Crippen molar-refractivity contribution in [1.29, 1.82) is 0 Å². The molecular formula is C23H30N4O3. The molecule has 1 saturated carbocycles. The highest BCUT2D eigenvalue weighted by Gasteiger charge is 2.58. The van der Waals surface area contributed by atoms with Gasteiger partial charge in [-0.1, -0.05) is 42.0 Å². The smallest absolute Gasteiger partial charge is 0.233 e. The van der Waals surface area contributed by atoms with Crippen LogP contribution in [0.25, 0.3) is 0 Å². The molecule has 2 fully saturated rings. The van der Waals surface area contributed by atoms with Gasteiger partial charge in [-0.25, -0.2) is 0 Å². The van der Waals surface area contributed by atoms with Crippen molar-refractivity contribution in [2.45, 2.75) is 26.4 Å². The molecule has 5 unspecified atom stereocenters. The Morgan fingerprint density at radius 3 is 2.37 bits per heavy atom. The van der Waals surface area contributed by atoms with Gasteiger partial charge in [0.15, 0.2) is 5.96 Å². The van der Waals surface area contributed by atoms with Crippen molar-refractivity contribution >= 4 is 17.8 Å². The molecule has 3 aliphatic rings. The molecule has 0 radical (unpaired) electrons. The van der Waals surface area contributed by atoms with Crippen LogP contribution in [0.1, 0.15) is 30.6 Å². The molecule has 0 aromatic heterocycles. The Bertz CT molecular complexity index is 834. The SMILES string of the molecule is CCNC(=NCC(O)c1ccc(C)cc1)NCCN1C(=O)C2C3C=CC(C3)C2C1=O. The molecule has 160 valence electrons. The number of nitrogens with zero attached hydrogens (tertiary/aromatic N) is 2. The molecule has 7 nitrogen and oxygen atoms in total. The molecule has 1 aromatic carbocycles. The maximum absolute atomic E-state index is 12.7. The van der Waals surface area contributed by atoms with Crippen LogP contribution in [0.5, 0.6) is 0 Å². The van der Waals surface area contributed by atoms with Crippen molar-refractivity contribution < 1.29 is 14.7 Å². The summed E-state index contributed by atoms with van der Waals surface area (Å²) >= 11 is 0. The fourth-order valence-corrected chi connectivity index (χ4v) is 4.88. The number of aryl methyl sites for hydroxylation is 1. The zero-order valence-electron chi connectivity index (χ0n) is 17.5. The lowest BCUT2D eigenvalue weighted by Crippen LogP contribution is -2.43. The van der Waals surface area contributed by atoms with Crippen LogP contribution in [-0.4, -0.2) is 54.0 Å². The lowest BCUT2D eigenvalue weighted by atomic mass is 9.85. The highest BCUT2D eigenvalue weighted by molar-refractivity contribution is 6.06. The summed E-state index contributed by atoms with van der Waals surface area (Å²) in [6, 6.07) is 7.73. The number of guanidine groups is 1. The molecule has 1 aliphatic heterocycles. The van der Waals surface area contributed by atoms with Crippen LogP contribution in [0.4, 0.5) is 0 Å². The number of nitrogens with one attached hydrogen (secondary N) is 2. The number of imide groups is 1. The topological polar surface area (TPSA) is 94.0 Å². The Labute approximate surface area is 177 Å².